The van der Waals surface area contributed by atoms with Crippen LogP contribution < -0.4 is 16.0 Å². The molecule has 2 aromatic carbocycles. The van der Waals surface area contributed by atoms with Crippen LogP contribution in [0.2, 0.25) is 0 Å². The summed E-state index contributed by atoms with van der Waals surface area (Å²) in [7, 11) is 0. The number of benzene rings is 2. The van der Waals surface area contributed by atoms with Crippen LogP contribution in [0.25, 0.3) is 10.9 Å². The molecular weight excluding hydrogens is 356 g/mol. The average Bonchev–Trinajstić information content (AvgIpc) is 2.83. The second-order valence-corrected chi connectivity index (χ2v) is 6.53. The first-order valence-corrected chi connectivity index (χ1v) is 8.96. The molecule has 7 nitrogen and oxygen atoms in total. The number of para-hydroxylation sites is 2. The SMILES string of the molecule is O=C(CCC1NC(=O)c2ccccc2NC1=O)Nc1cccc2cccnc12. The van der Waals surface area contributed by atoms with Gasteiger partial charge in [-0.05, 0) is 30.7 Å². The first kappa shape index (κ1) is 17.7. The van der Waals surface area contributed by atoms with Crippen LogP contribution in [-0.2, 0) is 9.59 Å². The smallest absolute Gasteiger partial charge is 0.254 e. The molecule has 0 saturated carbocycles. The maximum Gasteiger partial charge on any atom is 0.254 e. The van der Waals surface area contributed by atoms with Crippen molar-refractivity contribution in [1.29, 1.82) is 0 Å². The van der Waals surface area contributed by atoms with Crippen LogP contribution in [0.5, 0.6) is 0 Å². The van der Waals surface area contributed by atoms with E-state index in [9.17, 15) is 14.4 Å². The van der Waals surface area contributed by atoms with Crippen LogP contribution in [0.1, 0.15) is 23.2 Å². The van der Waals surface area contributed by atoms with Crippen molar-refractivity contribution in [2.24, 2.45) is 0 Å². The highest BCUT2D eigenvalue weighted by molar-refractivity contribution is 6.10. The number of aromatic nitrogens is 1. The summed E-state index contributed by atoms with van der Waals surface area (Å²) >= 11 is 0. The monoisotopic (exact) mass is 374 g/mol. The number of nitrogens with zero attached hydrogens (tertiary/aromatic N) is 1. The molecule has 3 amide bonds. The number of amides is 3. The quantitative estimate of drug-likeness (QED) is 0.654. The van der Waals surface area contributed by atoms with Gasteiger partial charge in [0.1, 0.15) is 6.04 Å². The molecule has 0 bridgehead atoms. The molecule has 7 heteroatoms. The molecule has 3 aromatic rings. The molecule has 1 unspecified atom stereocenters. The van der Waals surface area contributed by atoms with Crippen molar-refractivity contribution < 1.29 is 14.4 Å². The van der Waals surface area contributed by atoms with Gasteiger partial charge < -0.3 is 16.0 Å². The Bertz CT molecular complexity index is 1070. The molecule has 0 fully saturated rings. The Balaban J connectivity index is 1.42. The van der Waals surface area contributed by atoms with E-state index in [-0.39, 0.29) is 30.6 Å². The summed E-state index contributed by atoms with van der Waals surface area (Å²) in [5.41, 5.74) is 2.20. The highest BCUT2D eigenvalue weighted by Crippen LogP contribution is 2.22. The van der Waals surface area contributed by atoms with Gasteiger partial charge >= 0.3 is 0 Å². The van der Waals surface area contributed by atoms with E-state index in [1.165, 1.54) is 0 Å². The number of hydrogen-bond donors (Lipinski definition) is 3. The molecule has 3 N–H and O–H groups in total. The molecule has 0 radical (unpaired) electrons. The van der Waals surface area contributed by atoms with Gasteiger partial charge in [0.15, 0.2) is 0 Å². The fourth-order valence-electron chi connectivity index (χ4n) is 3.21. The molecule has 2 heterocycles. The van der Waals surface area contributed by atoms with Crippen molar-refractivity contribution in [3.05, 3.63) is 66.4 Å². The topological polar surface area (TPSA) is 100 Å². The van der Waals surface area contributed by atoms with Gasteiger partial charge in [0, 0.05) is 18.0 Å². The van der Waals surface area contributed by atoms with Gasteiger partial charge in [0.2, 0.25) is 11.8 Å². The highest BCUT2D eigenvalue weighted by Gasteiger charge is 2.27. The summed E-state index contributed by atoms with van der Waals surface area (Å²) in [5.74, 6) is -0.919. The predicted molar refractivity (Wildman–Crippen MR) is 106 cm³/mol. The van der Waals surface area contributed by atoms with Crippen LogP contribution in [0.15, 0.2) is 60.8 Å². The van der Waals surface area contributed by atoms with Crippen molar-refractivity contribution in [1.82, 2.24) is 10.3 Å². The third kappa shape index (κ3) is 3.55. The zero-order valence-corrected chi connectivity index (χ0v) is 14.9. The summed E-state index contributed by atoms with van der Waals surface area (Å²) < 4.78 is 0. The lowest BCUT2D eigenvalue weighted by molar-refractivity contribution is -0.118. The Labute approximate surface area is 161 Å². The fourth-order valence-corrected chi connectivity index (χ4v) is 3.21. The van der Waals surface area contributed by atoms with Gasteiger partial charge in [0.05, 0.1) is 22.5 Å². The summed E-state index contributed by atoms with van der Waals surface area (Å²) in [6, 6.07) is 15.3. The number of nitrogens with one attached hydrogen (secondary N) is 3. The Morgan fingerprint density at radius 3 is 2.75 bits per heavy atom. The third-order valence-electron chi connectivity index (χ3n) is 4.62. The van der Waals surface area contributed by atoms with Crippen molar-refractivity contribution in [3.63, 3.8) is 0 Å². The first-order chi connectivity index (χ1) is 13.6. The molecule has 0 saturated heterocycles. The molecule has 1 aliphatic heterocycles. The summed E-state index contributed by atoms with van der Waals surface area (Å²) in [4.78, 5) is 41.4. The first-order valence-electron chi connectivity index (χ1n) is 8.96. The lowest BCUT2D eigenvalue weighted by atomic mass is 10.1. The fraction of sp³-hybridized carbons (Fsp3) is 0.143. The molecule has 1 aromatic heterocycles. The highest BCUT2D eigenvalue weighted by atomic mass is 16.2. The summed E-state index contributed by atoms with van der Waals surface area (Å²) in [6.07, 6.45) is 1.94. The van der Waals surface area contributed by atoms with E-state index in [0.717, 1.165) is 5.39 Å². The number of carbonyl (C=O) groups is 3. The standard InChI is InChI=1S/C21H18N4O3/c26-18(23-16-9-3-5-13-6-4-12-22-19(13)16)11-10-17-21(28)24-15-8-2-1-7-14(15)20(27)25-17/h1-9,12,17H,10-11H2,(H,23,26)(H,24,28)(H,25,27). The van der Waals surface area contributed by atoms with Crippen LogP contribution in [0, 0.1) is 0 Å². The third-order valence-corrected chi connectivity index (χ3v) is 4.62. The number of hydrogen-bond acceptors (Lipinski definition) is 4. The molecule has 0 spiro atoms. The minimum atomic E-state index is -0.781. The van der Waals surface area contributed by atoms with Crippen LogP contribution in [-0.4, -0.2) is 28.7 Å². The van der Waals surface area contributed by atoms with Gasteiger partial charge in [-0.2, -0.15) is 0 Å². The minimum Gasteiger partial charge on any atom is -0.340 e. The van der Waals surface area contributed by atoms with E-state index in [1.807, 2.05) is 24.3 Å². The van der Waals surface area contributed by atoms with Gasteiger partial charge in [-0.3, -0.25) is 19.4 Å². The van der Waals surface area contributed by atoms with Gasteiger partial charge in [-0.25, -0.2) is 0 Å². The maximum absolute atomic E-state index is 12.4. The normalized spacial score (nSPS) is 15.9. The number of rotatable bonds is 4. The Kier molecular flexibility index (Phi) is 4.72. The largest absolute Gasteiger partial charge is 0.340 e. The lowest BCUT2D eigenvalue weighted by Crippen LogP contribution is -2.41. The number of fused-ring (bicyclic) bond motifs is 2. The van der Waals surface area contributed by atoms with E-state index in [2.05, 4.69) is 20.9 Å². The van der Waals surface area contributed by atoms with Gasteiger partial charge in [0.25, 0.3) is 5.91 Å². The molecular formula is C21H18N4O3. The van der Waals surface area contributed by atoms with Gasteiger partial charge in [-0.1, -0.05) is 30.3 Å². The number of carbonyl (C=O) groups excluding carboxylic acids is 3. The molecule has 140 valence electrons. The van der Waals surface area contributed by atoms with Crippen LogP contribution in [0.3, 0.4) is 0 Å². The Morgan fingerprint density at radius 1 is 1.04 bits per heavy atom. The second-order valence-electron chi connectivity index (χ2n) is 6.53. The average molecular weight is 374 g/mol. The molecule has 4 rings (SSSR count). The lowest BCUT2D eigenvalue weighted by Gasteiger charge is -2.14. The molecule has 1 atom stereocenters. The van der Waals surface area contributed by atoms with E-state index in [4.69, 9.17) is 0 Å². The van der Waals surface area contributed by atoms with Gasteiger partial charge in [-0.15, -0.1) is 0 Å². The molecule has 0 aliphatic carbocycles. The van der Waals surface area contributed by atoms with Crippen molar-refractivity contribution in [2.75, 3.05) is 10.6 Å². The molecule has 28 heavy (non-hydrogen) atoms. The zero-order valence-electron chi connectivity index (χ0n) is 14.9. The van der Waals surface area contributed by atoms with E-state index in [0.29, 0.717) is 22.5 Å². The Morgan fingerprint density at radius 2 is 1.86 bits per heavy atom. The van der Waals surface area contributed by atoms with Crippen LogP contribution >= 0.6 is 0 Å². The Hall–Kier alpha value is -3.74. The van der Waals surface area contributed by atoms with Crippen LogP contribution in [0.4, 0.5) is 11.4 Å². The molecule has 1 aliphatic rings. The second kappa shape index (κ2) is 7.48. The number of pyridine rings is 1. The summed E-state index contributed by atoms with van der Waals surface area (Å²) in [5, 5.41) is 9.19. The van der Waals surface area contributed by atoms with E-state index in [1.54, 1.807) is 36.5 Å². The van der Waals surface area contributed by atoms with E-state index < -0.39 is 6.04 Å². The summed E-state index contributed by atoms with van der Waals surface area (Å²) in [6.45, 7) is 0. The van der Waals surface area contributed by atoms with Crippen molar-refractivity contribution >= 4 is 40.0 Å². The van der Waals surface area contributed by atoms with E-state index >= 15 is 0 Å². The predicted octanol–water partition coefficient (Wildman–Crippen LogP) is 2.70. The maximum atomic E-state index is 12.4. The van der Waals surface area contributed by atoms with Crippen molar-refractivity contribution in [3.8, 4) is 0 Å². The minimum absolute atomic E-state index is 0.0813. The zero-order chi connectivity index (χ0) is 19.5. The van der Waals surface area contributed by atoms with Crippen molar-refractivity contribution in [2.45, 2.75) is 18.9 Å². The number of anilines is 2.